The second-order valence-electron chi connectivity index (χ2n) is 5.67. The molecule has 0 radical (unpaired) electrons. The number of aromatic nitrogens is 2. The molecule has 2 heterocycles. The highest BCUT2D eigenvalue weighted by Crippen LogP contribution is 2.25. The van der Waals surface area contributed by atoms with Gasteiger partial charge in [-0.25, -0.2) is 0 Å². The fourth-order valence-electron chi connectivity index (χ4n) is 2.91. The van der Waals surface area contributed by atoms with Crippen LogP contribution in [0.25, 0.3) is 0 Å². The van der Waals surface area contributed by atoms with Crippen molar-refractivity contribution >= 4 is 23.2 Å². The maximum Gasteiger partial charge on any atom is 0.193 e. The summed E-state index contributed by atoms with van der Waals surface area (Å²) in [4.78, 5) is 9.02. The van der Waals surface area contributed by atoms with Crippen molar-refractivity contribution in [2.24, 2.45) is 4.99 Å². The summed E-state index contributed by atoms with van der Waals surface area (Å²) in [7, 11) is 1.83. The molecule has 0 saturated carbocycles. The zero-order chi connectivity index (χ0) is 16.8. The molecule has 6 nitrogen and oxygen atoms in total. The molecule has 24 heavy (non-hydrogen) atoms. The molecular weight excluding hydrogens is 324 g/mol. The Balaban J connectivity index is 1.50. The second kappa shape index (κ2) is 8.06. The van der Waals surface area contributed by atoms with Crippen LogP contribution in [0.1, 0.15) is 0 Å². The van der Waals surface area contributed by atoms with Crippen molar-refractivity contribution in [2.45, 2.75) is 6.54 Å². The summed E-state index contributed by atoms with van der Waals surface area (Å²) in [6.07, 6.45) is 3.76. The molecule has 1 aliphatic rings. The van der Waals surface area contributed by atoms with Crippen molar-refractivity contribution in [1.82, 2.24) is 20.0 Å². The van der Waals surface area contributed by atoms with Gasteiger partial charge in [-0.15, -0.1) is 0 Å². The van der Waals surface area contributed by atoms with E-state index in [-0.39, 0.29) is 0 Å². The van der Waals surface area contributed by atoms with Crippen molar-refractivity contribution in [2.75, 3.05) is 44.7 Å². The molecule has 3 rings (SSSR count). The minimum atomic E-state index is 0.805. The first-order chi connectivity index (χ1) is 11.8. The number of guanidine groups is 1. The summed E-state index contributed by atoms with van der Waals surface area (Å²) in [6, 6.07) is 9.95. The molecule has 128 valence electrons. The van der Waals surface area contributed by atoms with Gasteiger partial charge in [0.05, 0.1) is 17.3 Å². The van der Waals surface area contributed by atoms with Gasteiger partial charge in [-0.2, -0.15) is 5.10 Å². The normalized spacial score (nSPS) is 15.7. The number of rotatable bonds is 4. The molecule has 0 aliphatic carbocycles. The van der Waals surface area contributed by atoms with Crippen LogP contribution in [0.4, 0.5) is 5.69 Å². The number of halogens is 1. The van der Waals surface area contributed by atoms with Crippen LogP contribution in [0, 0.1) is 0 Å². The molecule has 1 fully saturated rings. The van der Waals surface area contributed by atoms with Crippen LogP contribution in [-0.4, -0.2) is 60.4 Å². The summed E-state index contributed by atoms with van der Waals surface area (Å²) < 4.78 is 1.91. The van der Waals surface area contributed by atoms with E-state index in [1.165, 1.54) is 0 Å². The van der Waals surface area contributed by atoms with Gasteiger partial charge in [-0.05, 0) is 18.2 Å². The van der Waals surface area contributed by atoms with Gasteiger partial charge >= 0.3 is 0 Å². The first-order valence-corrected chi connectivity index (χ1v) is 8.58. The third-order valence-corrected chi connectivity index (χ3v) is 4.49. The third kappa shape index (κ3) is 4.00. The number of aliphatic imine (C=N–C) groups is 1. The van der Waals surface area contributed by atoms with E-state index in [2.05, 4.69) is 31.3 Å². The maximum absolute atomic E-state index is 6.30. The zero-order valence-corrected chi connectivity index (χ0v) is 14.7. The predicted molar refractivity (Wildman–Crippen MR) is 98.8 cm³/mol. The van der Waals surface area contributed by atoms with Crippen LogP contribution < -0.4 is 10.2 Å². The van der Waals surface area contributed by atoms with Gasteiger partial charge in [-0.1, -0.05) is 23.7 Å². The number of hydrogen-bond acceptors (Lipinski definition) is 3. The monoisotopic (exact) mass is 346 g/mol. The minimum absolute atomic E-state index is 0.805. The lowest BCUT2D eigenvalue weighted by Crippen LogP contribution is -2.53. The third-order valence-electron chi connectivity index (χ3n) is 4.17. The minimum Gasteiger partial charge on any atom is -0.367 e. The Labute approximate surface area is 147 Å². The number of para-hydroxylation sites is 1. The molecule has 7 heteroatoms. The summed E-state index contributed by atoms with van der Waals surface area (Å²) >= 11 is 6.30. The van der Waals surface area contributed by atoms with Crippen molar-refractivity contribution in [3.8, 4) is 0 Å². The van der Waals surface area contributed by atoms with E-state index in [0.29, 0.717) is 0 Å². The van der Waals surface area contributed by atoms with Gasteiger partial charge in [-0.3, -0.25) is 9.67 Å². The molecular formula is C17H23ClN6. The highest BCUT2D eigenvalue weighted by Gasteiger charge is 2.20. The Hall–Kier alpha value is -2.21. The molecule has 1 aromatic carbocycles. The van der Waals surface area contributed by atoms with E-state index in [1.807, 2.05) is 42.2 Å². The summed E-state index contributed by atoms with van der Waals surface area (Å²) in [5.74, 6) is 0.945. The molecule has 0 bridgehead atoms. The highest BCUT2D eigenvalue weighted by molar-refractivity contribution is 6.33. The first-order valence-electron chi connectivity index (χ1n) is 8.20. The van der Waals surface area contributed by atoms with Gasteiger partial charge in [0, 0.05) is 52.2 Å². The Morgan fingerprint density at radius 3 is 2.67 bits per heavy atom. The SMILES string of the molecule is CN=C(NCCn1cccn1)N1CCN(c2ccccc2Cl)CC1. The maximum atomic E-state index is 6.30. The predicted octanol–water partition coefficient (Wildman–Crippen LogP) is 1.93. The van der Waals surface area contributed by atoms with Crippen LogP contribution in [0.3, 0.4) is 0 Å². The second-order valence-corrected chi connectivity index (χ2v) is 6.08. The number of piperazine rings is 1. The van der Waals surface area contributed by atoms with Crippen molar-refractivity contribution in [1.29, 1.82) is 0 Å². The Bertz CT molecular complexity index is 661. The number of anilines is 1. The van der Waals surface area contributed by atoms with Gasteiger partial charge in [0.25, 0.3) is 0 Å². The fraction of sp³-hybridized carbons (Fsp3) is 0.412. The van der Waals surface area contributed by atoms with Gasteiger partial charge in [0.1, 0.15) is 0 Å². The summed E-state index contributed by atoms with van der Waals surface area (Å²) in [5, 5.41) is 8.43. The molecule has 0 atom stereocenters. The quantitative estimate of drug-likeness (QED) is 0.679. The first kappa shape index (κ1) is 16.6. The Kier molecular flexibility index (Phi) is 5.59. The lowest BCUT2D eigenvalue weighted by molar-refractivity contribution is 0.371. The Morgan fingerprint density at radius 1 is 1.21 bits per heavy atom. The van der Waals surface area contributed by atoms with E-state index in [1.54, 1.807) is 6.20 Å². The number of benzene rings is 1. The number of nitrogens with one attached hydrogen (secondary N) is 1. The van der Waals surface area contributed by atoms with Gasteiger partial charge < -0.3 is 15.1 Å². The lowest BCUT2D eigenvalue weighted by atomic mass is 10.2. The van der Waals surface area contributed by atoms with E-state index in [9.17, 15) is 0 Å². The van der Waals surface area contributed by atoms with Crippen LogP contribution >= 0.6 is 11.6 Å². The van der Waals surface area contributed by atoms with E-state index < -0.39 is 0 Å². The average molecular weight is 347 g/mol. The van der Waals surface area contributed by atoms with Crippen molar-refractivity contribution in [3.05, 3.63) is 47.7 Å². The lowest BCUT2D eigenvalue weighted by Gasteiger charge is -2.38. The van der Waals surface area contributed by atoms with Crippen LogP contribution in [0.15, 0.2) is 47.7 Å². The van der Waals surface area contributed by atoms with Gasteiger partial charge in [0.15, 0.2) is 5.96 Å². The molecule has 1 saturated heterocycles. The molecule has 2 aromatic rings. The van der Waals surface area contributed by atoms with Crippen LogP contribution in [0.5, 0.6) is 0 Å². The van der Waals surface area contributed by atoms with Crippen LogP contribution in [-0.2, 0) is 6.54 Å². The molecule has 1 aliphatic heterocycles. The molecule has 1 aromatic heterocycles. The van der Waals surface area contributed by atoms with Crippen molar-refractivity contribution in [3.63, 3.8) is 0 Å². The van der Waals surface area contributed by atoms with Crippen molar-refractivity contribution < 1.29 is 0 Å². The molecule has 0 amide bonds. The Morgan fingerprint density at radius 2 is 2.00 bits per heavy atom. The molecule has 0 spiro atoms. The van der Waals surface area contributed by atoms with E-state index >= 15 is 0 Å². The molecule has 1 N–H and O–H groups in total. The average Bonchev–Trinajstić information content (AvgIpc) is 3.13. The van der Waals surface area contributed by atoms with E-state index in [4.69, 9.17) is 11.6 Å². The smallest absolute Gasteiger partial charge is 0.193 e. The largest absolute Gasteiger partial charge is 0.367 e. The van der Waals surface area contributed by atoms with E-state index in [0.717, 1.165) is 55.9 Å². The fourth-order valence-corrected chi connectivity index (χ4v) is 3.17. The topological polar surface area (TPSA) is 48.7 Å². The highest BCUT2D eigenvalue weighted by atomic mass is 35.5. The van der Waals surface area contributed by atoms with Gasteiger partial charge in [0.2, 0.25) is 0 Å². The van der Waals surface area contributed by atoms with Crippen LogP contribution in [0.2, 0.25) is 5.02 Å². The number of hydrogen-bond donors (Lipinski definition) is 1. The standard InChI is InChI=1S/C17H23ClN6/c1-19-17(20-8-10-24-9-4-7-21-24)23-13-11-22(12-14-23)16-6-3-2-5-15(16)18/h2-7,9H,8,10-14H2,1H3,(H,19,20). The summed E-state index contributed by atoms with van der Waals surface area (Å²) in [5.41, 5.74) is 1.11. The zero-order valence-electron chi connectivity index (χ0n) is 13.9. The summed E-state index contributed by atoms with van der Waals surface area (Å²) in [6.45, 7) is 5.34. The molecule has 0 unspecified atom stereocenters. The number of nitrogens with zero attached hydrogens (tertiary/aromatic N) is 5.